The summed E-state index contributed by atoms with van der Waals surface area (Å²) in [5.41, 5.74) is 0.480. The summed E-state index contributed by atoms with van der Waals surface area (Å²) in [5, 5.41) is 0.321. The van der Waals surface area contributed by atoms with Crippen molar-refractivity contribution in [1.82, 2.24) is 4.98 Å². The third-order valence-corrected chi connectivity index (χ3v) is 3.93. The van der Waals surface area contributed by atoms with Crippen LogP contribution in [0.3, 0.4) is 0 Å². The number of halogens is 3. The second kappa shape index (κ2) is 7.15. The Kier molecular flexibility index (Phi) is 4.93. The predicted octanol–water partition coefficient (Wildman–Crippen LogP) is 5.02. The molecule has 26 heavy (non-hydrogen) atoms. The van der Waals surface area contributed by atoms with E-state index in [2.05, 4.69) is 4.98 Å². The standard InChI is InChI=1S/C20H16F3NO2/c1-2-26-19(25)15-9-8-14-11-16(20(21,22)23)18(24-17(14)12-15)10-13-6-4-3-5-7-13/h3-9,11-12H,2,10H2,1H3. The van der Waals surface area contributed by atoms with Crippen LogP contribution in [-0.4, -0.2) is 17.6 Å². The molecule has 2 aromatic carbocycles. The number of carbonyl (C=O) groups excluding carboxylic acids is 1. The van der Waals surface area contributed by atoms with E-state index in [0.29, 0.717) is 10.9 Å². The van der Waals surface area contributed by atoms with Crippen molar-refractivity contribution in [3.63, 3.8) is 0 Å². The third kappa shape index (κ3) is 3.85. The van der Waals surface area contributed by atoms with E-state index >= 15 is 0 Å². The maximum absolute atomic E-state index is 13.5. The molecule has 3 nitrogen and oxygen atoms in total. The van der Waals surface area contributed by atoms with Crippen molar-refractivity contribution < 1.29 is 22.7 Å². The molecule has 134 valence electrons. The molecule has 0 aliphatic carbocycles. The molecule has 0 spiro atoms. The lowest BCUT2D eigenvalue weighted by atomic mass is 10.0. The van der Waals surface area contributed by atoms with Crippen LogP contribution in [-0.2, 0) is 17.3 Å². The minimum atomic E-state index is -4.51. The van der Waals surface area contributed by atoms with Gasteiger partial charge in [0.25, 0.3) is 0 Å². The number of ether oxygens (including phenoxy) is 1. The van der Waals surface area contributed by atoms with Crippen LogP contribution in [0.25, 0.3) is 10.9 Å². The van der Waals surface area contributed by atoms with Gasteiger partial charge >= 0.3 is 12.1 Å². The average Bonchev–Trinajstić information content (AvgIpc) is 2.61. The van der Waals surface area contributed by atoms with Gasteiger partial charge in [0.1, 0.15) is 0 Å². The topological polar surface area (TPSA) is 39.2 Å². The molecule has 3 aromatic rings. The van der Waals surface area contributed by atoms with Gasteiger partial charge in [0.2, 0.25) is 0 Å². The van der Waals surface area contributed by atoms with E-state index in [-0.39, 0.29) is 24.3 Å². The Morgan fingerprint density at radius 3 is 2.46 bits per heavy atom. The van der Waals surface area contributed by atoms with Crippen LogP contribution in [0.15, 0.2) is 54.6 Å². The normalized spacial score (nSPS) is 11.5. The molecule has 0 N–H and O–H groups in total. The van der Waals surface area contributed by atoms with Gasteiger partial charge in [-0.05, 0) is 30.7 Å². The fraction of sp³-hybridized carbons (Fsp3) is 0.200. The van der Waals surface area contributed by atoms with E-state index in [4.69, 9.17) is 4.74 Å². The van der Waals surface area contributed by atoms with E-state index in [1.54, 1.807) is 37.3 Å². The maximum atomic E-state index is 13.5. The molecule has 0 saturated carbocycles. The molecule has 0 radical (unpaired) electrons. The Balaban J connectivity index is 2.11. The number of benzene rings is 2. The predicted molar refractivity (Wildman–Crippen MR) is 91.9 cm³/mol. The molecule has 0 aliphatic heterocycles. The quantitative estimate of drug-likeness (QED) is 0.614. The fourth-order valence-corrected chi connectivity index (χ4v) is 2.72. The number of hydrogen-bond acceptors (Lipinski definition) is 3. The highest BCUT2D eigenvalue weighted by Gasteiger charge is 2.34. The largest absolute Gasteiger partial charge is 0.462 e. The second-order valence-electron chi connectivity index (χ2n) is 5.77. The molecule has 6 heteroatoms. The number of fused-ring (bicyclic) bond motifs is 1. The molecule has 0 bridgehead atoms. The number of esters is 1. The summed E-state index contributed by atoms with van der Waals surface area (Å²) in [6.45, 7) is 1.90. The number of aromatic nitrogens is 1. The lowest BCUT2D eigenvalue weighted by Gasteiger charge is -2.14. The molecule has 0 unspecified atom stereocenters. The molecular formula is C20H16F3NO2. The van der Waals surface area contributed by atoms with Crippen molar-refractivity contribution in [1.29, 1.82) is 0 Å². The van der Waals surface area contributed by atoms with Crippen molar-refractivity contribution in [2.45, 2.75) is 19.5 Å². The van der Waals surface area contributed by atoms with Crippen LogP contribution < -0.4 is 0 Å². The number of hydrogen-bond donors (Lipinski definition) is 0. The number of nitrogens with zero attached hydrogens (tertiary/aromatic N) is 1. The van der Waals surface area contributed by atoms with Crippen molar-refractivity contribution in [3.05, 3.63) is 77.0 Å². The third-order valence-electron chi connectivity index (χ3n) is 3.93. The summed E-state index contributed by atoms with van der Waals surface area (Å²) in [6, 6.07) is 14.3. The Bertz CT molecular complexity index is 937. The molecule has 0 amide bonds. The molecular weight excluding hydrogens is 343 g/mol. The van der Waals surface area contributed by atoms with Crippen molar-refractivity contribution >= 4 is 16.9 Å². The summed E-state index contributed by atoms with van der Waals surface area (Å²) in [6.07, 6.45) is -4.46. The van der Waals surface area contributed by atoms with Crippen LogP contribution in [0.5, 0.6) is 0 Å². The van der Waals surface area contributed by atoms with Crippen LogP contribution in [0.1, 0.15) is 34.1 Å². The first-order valence-corrected chi connectivity index (χ1v) is 8.10. The fourth-order valence-electron chi connectivity index (χ4n) is 2.72. The zero-order valence-corrected chi connectivity index (χ0v) is 14.0. The minimum absolute atomic E-state index is 0.0509. The number of alkyl halides is 3. The number of rotatable bonds is 4. The first-order chi connectivity index (χ1) is 12.4. The molecule has 1 aromatic heterocycles. The van der Waals surface area contributed by atoms with Gasteiger partial charge in [0.05, 0.1) is 28.9 Å². The van der Waals surface area contributed by atoms with Gasteiger partial charge in [-0.1, -0.05) is 36.4 Å². The van der Waals surface area contributed by atoms with Crippen molar-refractivity contribution in [2.24, 2.45) is 0 Å². The Morgan fingerprint density at radius 1 is 1.08 bits per heavy atom. The SMILES string of the molecule is CCOC(=O)c1ccc2cc(C(F)(F)F)c(Cc3ccccc3)nc2c1. The Hall–Kier alpha value is -2.89. The summed E-state index contributed by atoms with van der Waals surface area (Å²) in [7, 11) is 0. The van der Waals surface area contributed by atoms with Gasteiger partial charge in [-0.25, -0.2) is 4.79 Å². The summed E-state index contributed by atoms with van der Waals surface area (Å²) >= 11 is 0. The molecule has 0 aliphatic rings. The van der Waals surface area contributed by atoms with Crippen molar-refractivity contribution in [3.8, 4) is 0 Å². The van der Waals surface area contributed by atoms with Crippen LogP contribution in [0.4, 0.5) is 13.2 Å². The van der Waals surface area contributed by atoms with Gasteiger partial charge in [0, 0.05) is 11.8 Å². The van der Waals surface area contributed by atoms with E-state index in [0.717, 1.165) is 11.6 Å². The highest BCUT2D eigenvalue weighted by molar-refractivity contribution is 5.94. The van der Waals surface area contributed by atoms with Crippen molar-refractivity contribution in [2.75, 3.05) is 6.61 Å². The van der Waals surface area contributed by atoms with E-state index in [9.17, 15) is 18.0 Å². The lowest BCUT2D eigenvalue weighted by molar-refractivity contribution is -0.138. The van der Waals surface area contributed by atoms with E-state index in [1.165, 1.54) is 18.2 Å². The minimum Gasteiger partial charge on any atom is -0.462 e. The zero-order chi connectivity index (χ0) is 18.7. The number of carbonyl (C=O) groups is 1. The summed E-state index contributed by atoms with van der Waals surface area (Å²) < 4.78 is 45.4. The van der Waals surface area contributed by atoms with Gasteiger partial charge in [0.15, 0.2) is 0 Å². The van der Waals surface area contributed by atoms with Crippen LogP contribution in [0.2, 0.25) is 0 Å². The summed E-state index contributed by atoms with van der Waals surface area (Å²) in [4.78, 5) is 16.1. The first kappa shape index (κ1) is 17.9. The summed E-state index contributed by atoms with van der Waals surface area (Å²) in [5.74, 6) is -0.527. The lowest BCUT2D eigenvalue weighted by Crippen LogP contribution is -2.12. The van der Waals surface area contributed by atoms with Gasteiger partial charge < -0.3 is 4.74 Å². The van der Waals surface area contributed by atoms with E-state index < -0.39 is 17.7 Å². The highest BCUT2D eigenvalue weighted by Crippen LogP contribution is 2.34. The van der Waals surface area contributed by atoms with Crippen LogP contribution >= 0.6 is 0 Å². The molecule has 0 saturated heterocycles. The Labute approximate surface area is 148 Å². The monoisotopic (exact) mass is 359 g/mol. The molecule has 0 fully saturated rings. The smallest absolute Gasteiger partial charge is 0.418 e. The number of pyridine rings is 1. The zero-order valence-electron chi connectivity index (χ0n) is 14.0. The maximum Gasteiger partial charge on any atom is 0.418 e. The van der Waals surface area contributed by atoms with Gasteiger partial charge in [-0.15, -0.1) is 0 Å². The first-order valence-electron chi connectivity index (χ1n) is 8.10. The van der Waals surface area contributed by atoms with Gasteiger partial charge in [-0.2, -0.15) is 13.2 Å². The Morgan fingerprint density at radius 2 is 1.81 bits per heavy atom. The highest BCUT2D eigenvalue weighted by atomic mass is 19.4. The molecule has 3 rings (SSSR count). The molecule has 1 heterocycles. The van der Waals surface area contributed by atoms with Gasteiger partial charge in [-0.3, -0.25) is 4.98 Å². The van der Waals surface area contributed by atoms with Crippen LogP contribution in [0, 0.1) is 0 Å². The average molecular weight is 359 g/mol. The van der Waals surface area contributed by atoms with E-state index in [1.807, 2.05) is 0 Å². The second-order valence-corrected chi connectivity index (χ2v) is 5.77. The molecule has 0 atom stereocenters.